The zero-order chi connectivity index (χ0) is 28.0. The highest BCUT2D eigenvalue weighted by molar-refractivity contribution is 6.31. The minimum atomic E-state index is -2.07. The molecule has 6 rings (SSSR count). The third-order valence-electron chi connectivity index (χ3n) is 7.68. The van der Waals surface area contributed by atoms with Crippen LogP contribution in [0.25, 0.3) is 11.0 Å². The average molecular weight is 564 g/mol. The zero-order valence-corrected chi connectivity index (χ0v) is 22.2. The van der Waals surface area contributed by atoms with Gasteiger partial charge in [-0.3, -0.25) is 9.69 Å². The van der Waals surface area contributed by atoms with Gasteiger partial charge in [-0.2, -0.15) is 0 Å². The number of aromatic amines is 1. The Morgan fingerprint density at radius 2 is 1.88 bits per heavy atom. The highest BCUT2D eigenvalue weighted by atomic mass is 35.5. The van der Waals surface area contributed by atoms with E-state index in [2.05, 4.69) is 14.9 Å². The van der Waals surface area contributed by atoms with E-state index in [0.29, 0.717) is 17.6 Å². The van der Waals surface area contributed by atoms with E-state index in [-0.39, 0.29) is 39.9 Å². The van der Waals surface area contributed by atoms with E-state index in [9.17, 15) is 19.8 Å². The first kappa shape index (κ1) is 26.2. The van der Waals surface area contributed by atoms with Gasteiger partial charge in [0.05, 0.1) is 21.7 Å². The van der Waals surface area contributed by atoms with Crippen molar-refractivity contribution in [2.24, 2.45) is 0 Å². The number of aromatic nitrogens is 2. The van der Waals surface area contributed by atoms with Gasteiger partial charge < -0.3 is 20.1 Å². The molecule has 206 valence electrons. The number of halogens is 2. The fourth-order valence-corrected chi connectivity index (χ4v) is 5.82. The Morgan fingerprint density at radius 1 is 1.10 bits per heavy atom. The largest absolute Gasteiger partial charge is 0.465 e. The Bertz CT molecular complexity index is 1620. The Balaban J connectivity index is 1.40. The standard InChI is InChI=1S/C29H27ClFN5O4/c30-21-9-6-10-24(25(21)31)36-26(37)19-7-2-3-8-20(19)29(36,40)18-11-12-22-23(17-18)33-27(32-22)35(28(38)39)16-15-34-13-4-1-5-14-34/h2-3,6-12,17,40H,1,4-5,13-16H2,(H,32,33)(H,38,39). The van der Waals surface area contributed by atoms with Crippen LogP contribution in [0, 0.1) is 5.82 Å². The van der Waals surface area contributed by atoms with E-state index in [1.807, 2.05) is 0 Å². The average Bonchev–Trinajstić information content (AvgIpc) is 3.47. The molecule has 1 atom stereocenters. The predicted molar refractivity (Wildman–Crippen MR) is 149 cm³/mol. The molecule has 11 heteroatoms. The number of hydrogen-bond acceptors (Lipinski definition) is 5. The fourth-order valence-electron chi connectivity index (χ4n) is 5.65. The Morgan fingerprint density at radius 3 is 2.65 bits per heavy atom. The van der Waals surface area contributed by atoms with Crippen LogP contribution in [0.2, 0.25) is 5.02 Å². The summed E-state index contributed by atoms with van der Waals surface area (Å²) in [5.41, 5.74) is -0.534. The minimum Gasteiger partial charge on any atom is -0.465 e. The van der Waals surface area contributed by atoms with E-state index in [4.69, 9.17) is 11.6 Å². The van der Waals surface area contributed by atoms with Crippen LogP contribution in [-0.2, 0) is 5.72 Å². The van der Waals surface area contributed by atoms with Crippen LogP contribution in [0.4, 0.5) is 20.8 Å². The molecule has 1 aromatic heterocycles. The first-order chi connectivity index (χ1) is 19.3. The number of aliphatic hydroxyl groups is 1. The van der Waals surface area contributed by atoms with Crippen LogP contribution < -0.4 is 9.80 Å². The van der Waals surface area contributed by atoms with Gasteiger partial charge in [0.15, 0.2) is 11.5 Å². The molecule has 3 N–H and O–H groups in total. The summed E-state index contributed by atoms with van der Waals surface area (Å²) in [4.78, 5) is 37.6. The van der Waals surface area contributed by atoms with Crippen molar-refractivity contribution in [2.75, 3.05) is 36.0 Å². The number of H-pyrrole nitrogens is 1. The molecule has 0 bridgehead atoms. The number of benzene rings is 3. The van der Waals surface area contributed by atoms with Gasteiger partial charge in [0.2, 0.25) is 5.95 Å². The van der Waals surface area contributed by atoms with E-state index in [1.165, 1.54) is 29.5 Å². The SMILES string of the molecule is O=C(O)N(CCN1CCCCC1)c1nc2ccc(C3(O)c4ccccc4C(=O)N3c3cccc(Cl)c3F)cc2[nH]1. The van der Waals surface area contributed by atoms with Crippen molar-refractivity contribution in [1.82, 2.24) is 14.9 Å². The molecular weight excluding hydrogens is 537 g/mol. The number of likely N-dealkylation sites (tertiary alicyclic amines) is 1. The number of nitrogens with one attached hydrogen (secondary N) is 1. The number of amides is 2. The lowest BCUT2D eigenvalue weighted by Crippen LogP contribution is -2.45. The first-order valence-electron chi connectivity index (χ1n) is 13.1. The van der Waals surface area contributed by atoms with Crippen LogP contribution in [0.3, 0.4) is 0 Å². The summed E-state index contributed by atoms with van der Waals surface area (Å²) in [7, 11) is 0. The Hall–Kier alpha value is -3.99. The topological polar surface area (TPSA) is 113 Å². The molecule has 0 radical (unpaired) electrons. The molecule has 3 aromatic carbocycles. The number of carbonyl (C=O) groups is 2. The summed E-state index contributed by atoms with van der Waals surface area (Å²) in [6.45, 7) is 2.72. The van der Waals surface area contributed by atoms with Crippen molar-refractivity contribution in [3.8, 4) is 0 Å². The van der Waals surface area contributed by atoms with Gasteiger partial charge in [0.25, 0.3) is 5.91 Å². The summed E-state index contributed by atoms with van der Waals surface area (Å²) in [5.74, 6) is -1.26. The van der Waals surface area contributed by atoms with Crippen LogP contribution in [0.1, 0.15) is 40.7 Å². The number of imidazole rings is 1. The van der Waals surface area contributed by atoms with Gasteiger partial charge in [-0.25, -0.2) is 19.1 Å². The predicted octanol–water partition coefficient (Wildman–Crippen LogP) is 5.18. The Labute approximate surface area is 234 Å². The number of carboxylic acid groups (broad SMARTS) is 1. The number of carbonyl (C=O) groups excluding carboxylic acids is 1. The van der Waals surface area contributed by atoms with E-state index in [1.54, 1.807) is 42.5 Å². The molecule has 1 unspecified atom stereocenters. The molecule has 2 amide bonds. The highest BCUT2D eigenvalue weighted by Gasteiger charge is 2.51. The summed E-state index contributed by atoms with van der Waals surface area (Å²) >= 11 is 6.04. The molecule has 4 aromatic rings. The second-order valence-corrected chi connectivity index (χ2v) is 10.5. The van der Waals surface area contributed by atoms with Gasteiger partial charge >= 0.3 is 6.09 Å². The summed E-state index contributed by atoms with van der Waals surface area (Å²) in [5, 5.41) is 22.0. The van der Waals surface area contributed by atoms with E-state index in [0.717, 1.165) is 30.8 Å². The van der Waals surface area contributed by atoms with Crippen molar-refractivity contribution >= 4 is 46.3 Å². The monoisotopic (exact) mass is 563 g/mol. The number of rotatable bonds is 6. The highest BCUT2D eigenvalue weighted by Crippen LogP contribution is 2.46. The van der Waals surface area contributed by atoms with Crippen molar-refractivity contribution in [1.29, 1.82) is 0 Å². The molecule has 3 heterocycles. The zero-order valence-electron chi connectivity index (χ0n) is 21.5. The Kier molecular flexibility index (Phi) is 6.69. The lowest BCUT2D eigenvalue weighted by Gasteiger charge is -2.35. The van der Waals surface area contributed by atoms with Gasteiger partial charge in [0, 0.05) is 29.8 Å². The molecular formula is C29H27ClFN5O4. The van der Waals surface area contributed by atoms with Crippen molar-refractivity contribution in [3.63, 3.8) is 0 Å². The number of anilines is 2. The number of hydrogen-bond donors (Lipinski definition) is 3. The van der Waals surface area contributed by atoms with Crippen molar-refractivity contribution < 1.29 is 24.2 Å². The molecule has 2 aliphatic heterocycles. The maximum absolute atomic E-state index is 15.2. The normalized spacial score (nSPS) is 19.3. The third kappa shape index (κ3) is 4.28. The van der Waals surface area contributed by atoms with Gasteiger partial charge in [-0.1, -0.05) is 48.4 Å². The smallest absolute Gasteiger partial charge is 0.414 e. The van der Waals surface area contributed by atoms with Crippen LogP contribution in [0.5, 0.6) is 0 Å². The second kappa shape index (κ2) is 10.2. The van der Waals surface area contributed by atoms with E-state index < -0.39 is 23.5 Å². The minimum absolute atomic E-state index is 0.157. The third-order valence-corrected chi connectivity index (χ3v) is 7.97. The molecule has 0 aliphatic carbocycles. The fraction of sp³-hybridized carbons (Fsp3) is 0.276. The quantitative estimate of drug-likeness (QED) is 0.298. The van der Waals surface area contributed by atoms with Gasteiger partial charge in [-0.15, -0.1) is 0 Å². The molecule has 9 nitrogen and oxygen atoms in total. The van der Waals surface area contributed by atoms with Crippen LogP contribution in [0.15, 0.2) is 60.7 Å². The lowest BCUT2D eigenvalue weighted by molar-refractivity contribution is 0.0699. The number of piperidine rings is 1. The van der Waals surface area contributed by atoms with Gasteiger partial charge in [-0.05, 0) is 56.3 Å². The van der Waals surface area contributed by atoms with E-state index >= 15 is 4.39 Å². The summed E-state index contributed by atoms with van der Waals surface area (Å²) in [6.07, 6.45) is 2.26. The van der Waals surface area contributed by atoms with Crippen molar-refractivity contribution in [3.05, 3.63) is 88.2 Å². The van der Waals surface area contributed by atoms with Gasteiger partial charge in [0.1, 0.15) is 0 Å². The maximum atomic E-state index is 15.2. The maximum Gasteiger partial charge on any atom is 0.414 e. The van der Waals surface area contributed by atoms with Crippen LogP contribution >= 0.6 is 11.6 Å². The molecule has 2 aliphatic rings. The molecule has 0 spiro atoms. The molecule has 40 heavy (non-hydrogen) atoms. The van der Waals surface area contributed by atoms with Crippen molar-refractivity contribution in [2.45, 2.75) is 25.0 Å². The second-order valence-electron chi connectivity index (χ2n) is 10.1. The molecule has 1 saturated heterocycles. The lowest BCUT2D eigenvalue weighted by atomic mass is 9.93. The van der Waals surface area contributed by atoms with Crippen LogP contribution in [-0.4, -0.2) is 63.3 Å². The first-order valence-corrected chi connectivity index (χ1v) is 13.5. The number of nitrogens with zero attached hydrogens (tertiary/aromatic N) is 4. The number of fused-ring (bicyclic) bond motifs is 2. The molecule has 1 fully saturated rings. The molecule has 0 saturated carbocycles. The summed E-state index contributed by atoms with van der Waals surface area (Å²) < 4.78 is 15.2. The summed E-state index contributed by atoms with van der Waals surface area (Å²) in [6, 6.07) is 15.6.